The van der Waals surface area contributed by atoms with Crippen molar-refractivity contribution in [3.63, 3.8) is 0 Å². The predicted molar refractivity (Wildman–Crippen MR) is 69.0 cm³/mol. The maximum atomic E-state index is 10.9. The zero-order chi connectivity index (χ0) is 12.8. The van der Waals surface area contributed by atoms with E-state index >= 15 is 0 Å². The van der Waals surface area contributed by atoms with Gasteiger partial charge in [-0.15, -0.1) is 0 Å². The number of halogens is 1. The fourth-order valence-corrected chi connectivity index (χ4v) is 1.50. The first kappa shape index (κ1) is 13.5. The fraction of sp³-hybridized carbons (Fsp3) is 0.273. The number of carbonyl (C=O) groups excluding carboxylic acids is 2. The van der Waals surface area contributed by atoms with E-state index in [2.05, 4.69) is 31.3 Å². The molecule has 0 aliphatic carbocycles. The Bertz CT molecular complexity index is 435. The third kappa shape index (κ3) is 4.44. The molecule has 0 aromatic heterocycles. The SMILES string of the molecule is COC(C)=O.O=C1CNc2cc(Br)ccc2N1. The normalized spacial score (nSPS) is 12.3. The van der Waals surface area contributed by atoms with E-state index in [9.17, 15) is 9.59 Å². The molecule has 92 valence electrons. The summed E-state index contributed by atoms with van der Waals surface area (Å²) in [6.45, 7) is 1.71. The van der Waals surface area contributed by atoms with Gasteiger partial charge in [0.1, 0.15) is 0 Å². The van der Waals surface area contributed by atoms with Crippen LogP contribution in [0, 0.1) is 0 Å². The van der Waals surface area contributed by atoms with Gasteiger partial charge in [0.15, 0.2) is 0 Å². The van der Waals surface area contributed by atoms with Crippen molar-refractivity contribution in [2.24, 2.45) is 0 Å². The minimum atomic E-state index is -0.245. The highest BCUT2D eigenvalue weighted by molar-refractivity contribution is 9.10. The number of ether oxygens (including phenoxy) is 1. The average Bonchev–Trinajstić information content (AvgIpc) is 2.30. The molecule has 17 heavy (non-hydrogen) atoms. The first-order valence-electron chi connectivity index (χ1n) is 4.90. The van der Waals surface area contributed by atoms with E-state index in [0.717, 1.165) is 15.8 Å². The molecular formula is C11H13BrN2O3. The van der Waals surface area contributed by atoms with Gasteiger partial charge < -0.3 is 15.4 Å². The van der Waals surface area contributed by atoms with Crippen LogP contribution in [0.2, 0.25) is 0 Å². The van der Waals surface area contributed by atoms with Crippen molar-refractivity contribution < 1.29 is 14.3 Å². The highest BCUT2D eigenvalue weighted by Gasteiger charge is 2.12. The number of rotatable bonds is 0. The number of fused-ring (bicyclic) bond motifs is 1. The molecule has 0 radical (unpaired) electrons. The number of carbonyl (C=O) groups is 2. The van der Waals surface area contributed by atoms with Crippen molar-refractivity contribution in [1.29, 1.82) is 0 Å². The predicted octanol–water partition coefficient (Wildman–Crippen LogP) is 1.99. The maximum Gasteiger partial charge on any atom is 0.302 e. The number of benzene rings is 1. The topological polar surface area (TPSA) is 67.4 Å². The second-order valence-corrected chi connectivity index (χ2v) is 4.20. The molecular weight excluding hydrogens is 288 g/mol. The summed E-state index contributed by atoms with van der Waals surface area (Å²) in [5.74, 6) is -0.241. The largest absolute Gasteiger partial charge is 0.469 e. The highest BCUT2D eigenvalue weighted by atomic mass is 79.9. The van der Waals surface area contributed by atoms with Gasteiger partial charge in [0.25, 0.3) is 0 Å². The number of hydrogen-bond acceptors (Lipinski definition) is 4. The zero-order valence-electron chi connectivity index (χ0n) is 9.54. The molecule has 2 N–H and O–H groups in total. The summed E-state index contributed by atoms with van der Waals surface area (Å²) < 4.78 is 5.12. The summed E-state index contributed by atoms with van der Waals surface area (Å²) in [5.41, 5.74) is 1.80. The monoisotopic (exact) mass is 300 g/mol. The van der Waals surface area contributed by atoms with Crippen molar-refractivity contribution in [2.45, 2.75) is 6.92 Å². The van der Waals surface area contributed by atoms with Crippen LogP contribution in [0.25, 0.3) is 0 Å². The molecule has 1 aliphatic heterocycles. The molecule has 1 aliphatic rings. The summed E-state index contributed by atoms with van der Waals surface area (Å²) >= 11 is 3.35. The summed E-state index contributed by atoms with van der Waals surface area (Å²) in [6.07, 6.45) is 0. The Morgan fingerprint density at radius 3 is 2.65 bits per heavy atom. The summed E-state index contributed by atoms with van der Waals surface area (Å²) in [5, 5.41) is 5.78. The quantitative estimate of drug-likeness (QED) is 0.719. The smallest absolute Gasteiger partial charge is 0.302 e. The van der Waals surface area contributed by atoms with Gasteiger partial charge >= 0.3 is 5.97 Å². The summed E-state index contributed by atoms with van der Waals surface area (Å²) in [7, 11) is 1.35. The van der Waals surface area contributed by atoms with Crippen molar-refractivity contribution in [3.05, 3.63) is 22.7 Å². The van der Waals surface area contributed by atoms with Crippen molar-refractivity contribution in [3.8, 4) is 0 Å². The van der Waals surface area contributed by atoms with Crippen LogP contribution in [0.5, 0.6) is 0 Å². The Balaban J connectivity index is 0.000000249. The molecule has 0 spiro atoms. The van der Waals surface area contributed by atoms with Crippen LogP contribution in [0.4, 0.5) is 11.4 Å². The minimum absolute atomic E-state index is 0.00447. The highest BCUT2D eigenvalue weighted by Crippen LogP contribution is 2.27. The lowest BCUT2D eigenvalue weighted by atomic mass is 10.2. The molecule has 0 unspecified atom stereocenters. The van der Waals surface area contributed by atoms with E-state index in [0.29, 0.717) is 6.54 Å². The minimum Gasteiger partial charge on any atom is -0.469 e. The van der Waals surface area contributed by atoms with E-state index < -0.39 is 0 Å². The Morgan fingerprint density at radius 2 is 2.06 bits per heavy atom. The number of anilines is 2. The standard InChI is InChI=1S/C8H7BrN2O.C3H6O2/c9-5-1-2-6-7(3-5)10-4-8(12)11-6;1-3(4)5-2/h1-3,10H,4H2,(H,11,12);1-2H3. The molecule has 0 bridgehead atoms. The molecule has 0 saturated heterocycles. The van der Waals surface area contributed by atoms with E-state index in [1.54, 1.807) is 0 Å². The first-order chi connectivity index (χ1) is 8.02. The summed E-state index contributed by atoms with van der Waals surface area (Å²) in [4.78, 5) is 20.5. The average molecular weight is 301 g/mol. The van der Waals surface area contributed by atoms with Crippen molar-refractivity contribution in [2.75, 3.05) is 24.3 Å². The van der Waals surface area contributed by atoms with E-state index in [1.165, 1.54) is 14.0 Å². The molecule has 0 atom stereocenters. The van der Waals surface area contributed by atoms with Gasteiger partial charge in [-0.05, 0) is 18.2 Å². The molecule has 0 fully saturated rings. The maximum absolute atomic E-state index is 10.9. The third-order valence-corrected chi connectivity index (χ3v) is 2.48. The second-order valence-electron chi connectivity index (χ2n) is 3.29. The number of nitrogens with one attached hydrogen (secondary N) is 2. The fourth-order valence-electron chi connectivity index (χ4n) is 1.14. The van der Waals surface area contributed by atoms with Crippen LogP contribution in [0.3, 0.4) is 0 Å². The number of esters is 1. The van der Waals surface area contributed by atoms with Gasteiger partial charge in [-0.25, -0.2) is 0 Å². The molecule has 1 heterocycles. The lowest BCUT2D eigenvalue weighted by Crippen LogP contribution is -2.27. The van der Waals surface area contributed by atoms with E-state index in [4.69, 9.17) is 0 Å². The molecule has 6 heteroatoms. The Kier molecular flexibility index (Phi) is 4.96. The third-order valence-electron chi connectivity index (χ3n) is 1.98. The molecule has 2 rings (SSSR count). The van der Waals surface area contributed by atoms with E-state index in [-0.39, 0.29) is 11.9 Å². The molecule has 1 amide bonds. The second kappa shape index (κ2) is 6.24. The van der Waals surface area contributed by atoms with Gasteiger partial charge in [0, 0.05) is 11.4 Å². The molecule has 0 saturated carbocycles. The lowest BCUT2D eigenvalue weighted by Gasteiger charge is -2.18. The van der Waals surface area contributed by atoms with Crippen LogP contribution >= 0.6 is 15.9 Å². The van der Waals surface area contributed by atoms with Crippen LogP contribution in [0.1, 0.15) is 6.92 Å². The van der Waals surface area contributed by atoms with Gasteiger partial charge in [-0.3, -0.25) is 9.59 Å². The van der Waals surface area contributed by atoms with Gasteiger partial charge in [-0.1, -0.05) is 15.9 Å². The summed E-state index contributed by atoms with van der Waals surface area (Å²) in [6, 6.07) is 5.70. The van der Waals surface area contributed by atoms with Crippen molar-refractivity contribution in [1.82, 2.24) is 0 Å². The van der Waals surface area contributed by atoms with Gasteiger partial charge in [0.05, 0.1) is 25.0 Å². The van der Waals surface area contributed by atoms with E-state index in [1.807, 2.05) is 18.2 Å². The van der Waals surface area contributed by atoms with Crippen LogP contribution < -0.4 is 10.6 Å². The van der Waals surface area contributed by atoms with Crippen LogP contribution in [0.15, 0.2) is 22.7 Å². The Labute approximate surface area is 108 Å². The zero-order valence-corrected chi connectivity index (χ0v) is 11.1. The number of amides is 1. The Morgan fingerprint density at radius 1 is 1.41 bits per heavy atom. The Hall–Kier alpha value is -1.56. The molecule has 5 nitrogen and oxygen atoms in total. The molecule has 1 aromatic rings. The molecule has 1 aromatic carbocycles. The van der Waals surface area contributed by atoms with Crippen LogP contribution in [-0.2, 0) is 14.3 Å². The number of methoxy groups -OCH3 is 1. The van der Waals surface area contributed by atoms with Crippen LogP contribution in [-0.4, -0.2) is 25.5 Å². The number of hydrogen-bond donors (Lipinski definition) is 2. The lowest BCUT2D eigenvalue weighted by molar-refractivity contribution is -0.137. The van der Waals surface area contributed by atoms with Crippen molar-refractivity contribution >= 4 is 39.2 Å². The van der Waals surface area contributed by atoms with Gasteiger partial charge in [-0.2, -0.15) is 0 Å². The first-order valence-corrected chi connectivity index (χ1v) is 5.70. The van der Waals surface area contributed by atoms with Gasteiger partial charge in [0.2, 0.25) is 5.91 Å².